The quantitative estimate of drug-likeness (QED) is 0.432. The zero-order valence-electron chi connectivity index (χ0n) is 16.6. The predicted molar refractivity (Wildman–Crippen MR) is 116 cm³/mol. The topological polar surface area (TPSA) is 125 Å². The Morgan fingerprint density at radius 3 is 2.81 bits per heavy atom. The second-order valence-electron chi connectivity index (χ2n) is 7.68. The third-order valence-corrected chi connectivity index (χ3v) is 7.32. The molecule has 2 unspecified atom stereocenters. The minimum atomic E-state index is -1.16. The van der Waals surface area contributed by atoms with Gasteiger partial charge in [-0.25, -0.2) is 15.0 Å². The Morgan fingerprint density at radius 1 is 1.32 bits per heavy atom. The van der Waals surface area contributed by atoms with Gasteiger partial charge in [0.15, 0.2) is 17.0 Å². The molecular formula is C20H19ClN6O3S. The molecule has 0 radical (unpaired) electrons. The number of aromatic nitrogens is 4. The van der Waals surface area contributed by atoms with E-state index in [1.807, 2.05) is 6.07 Å². The number of hydrogen-bond acceptors (Lipinski definition) is 8. The van der Waals surface area contributed by atoms with Crippen LogP contribution in [0.4, 0.5) is 5.82 Å². The Hall–Kier alpha value is -2.71. The summed E-state index contributed by atoms with van der Waals surface area (Å²) in [7, 11) is 3.26. The molecule has 5 atom stereocenters. The van der Waals surface area contributed by atoms with Gasteiger partial charge in [-0.3, -0.25) is 4.79 Å². The van der Waals surface area contributed by atoms with Gasteiger partial charge >= 0.3 is 0 Å². The van der Waals surface area contributed by atoms with E-state index in [1.54, 1.807) is 24.0 Å². The van der Waals surface area contributed by atoms with E-state index in [1.165, 1.54) is 18.4 Å². The highest BCUT2D eigenvalue weighted by Crippen LogP contribution is 2.67. The van der Waals surface area contributed by atoms with Gasteiger partial charge in [-0.2, -0.15) is 0 Å². The molecule has 0 bridgehead atoms. The van der Waals surface area contributed by atoms with Crippen molar-refractivity contribution in [3.05, 3.63) is 33.5 Å². The van der Waals surface area contributed by atoms with Crippen molar-refractivity contribution in [3.63, 3.8) is 0 Å². The van der Waals surface area contributed by atoms with E-state index in [4.69, 9.17) is 11.6 Å². The second kappa shape index (κ2) is 7.17. The molecule has 0 aromatic carbocycles. The van der Waals surface area contributed by atoms with E-state index in [-0.39, 0.29) is 17.6 Å². The summed E-state index contributed by atoms with van der Waals surface area (Å²) < 4.78 is 2.37. The first-order valence-electron chi connectivity index (χ1n) is 9.68. The van der Waals surface area contributed by atoms with Crippen LogP contribution in [0.15, 0.2) is 18.5 Å². The minimum Gasteiger partial charge on any atom is -0.389 e. The standard InChI is InChI=1S/C20H19ClN6O3S/c1-22-17-13-18(26-12(25-17)6-4-9-3-5-11(21)31-9)27(8-24-13)14-10-7-20(10,19(30)23-2)16(29)15(14)28/h3,5,8,10,14-16,28-29H,7H2,1-2H3,(H,23,30)(H,22,25,26)/t10?,14-,15?,16+,20-/m1/s1. The maximum absolute atomic E-state index is 12.4. The molecule has 3 heterocycles. The highest BCUT2D eigenvalue weighted by atomic mass is 35.5. The normalized spacial score (nSPS) is 28.7. The largest absolute Gasteiger partial charge is 0.389 e. The van der Waals surface area contributed by atoms with Crippen molar-refractivity contribution < 1.29 is 15.0 Å². The van der Waals surface area contributed by atoms with Crippen molar-refractivity contribution >= 4 is 45.8 Å². The third kappa shape index (κ3) is 2.92. The van der Waals surface area contributed by atoms with Crippen molar-refractivity contribution in [3.8, 4) is 11.8 Å². The van der Waals surface area contributed by atoms with Crippen LogP contribution in [0.25, 0.3) is 11.2 Å². The Bertz CT molecular complexity index is 1260. The fraction of sp³-hybridized carbons (Fsp3) is 0.400. The lowest BCUT2D eigenvalue weighted by molar-refractivity contribution is -0.132. The van der Waals surface area contributed by atoms with Crippen LogP contribution in [0.2, 0.25) is 4.34 Å². The smallest absolute Gasteiger partial charge is 0.229 e. The third-order valence-electron chi connectivity index (χ3n) is 6.17. The molecule has 2 saturated carbocycles. The maximum Gasteiger partial charge on any atom is 0.229 e. The SMILES string of the molecule is CNC(=O)[C@]12CC1[C@@H](n1cnc3c(NC)nc(C#Cc4ccc(Cl)s4)nc31)C(O)[C@@H]2O. The number of anilines is 1. The zero-order valence-corrected chi connectivity index (χ0v) is 18.2. The lowest BCUT2D eigenvalue weighted by atomic mass is 9.98. The van der Waals surface area contributed by atoms with E-state index in [9.17, 15) is 15.0 Å². The molecule has 5 rings (SSSR count). The van der Waals surface area contributed by atoms with E-state index in [0.29, 0.717) is 27.7 Å². The molecule has 9 nitrogen and oxygen atoms in total. The van der Waals surface area contributed by atoms with Crippen LogP contribution in [0.1, 0.15) is 23.2 Å². The molecule has 2 aliphatic carbocycles. The summed E-state index contributed by atoms with van der Waals surface area (Å²) in [5, 5.41) is 27.0. The number of rotatable bonds is 3. The van der Waals surface area contributed by atoms with Gasteiger partial charge in [0.2, 0.25) is 11.7 Å². The number of thiophene rings is 1. The number of carbonyl (C=O) groups excluding carboxylic acids is 1. The van der Waals surface area contributed by atoms with Crippen LogP contribution in [0, 0.1) is 23.2 Å². The molecule has 0 spiro atoms. The van der Waals surface area contributed by atoms with Gasteiger partial charge < -0.3 is 25.4 Å². The average molecular weight is 459 g/mol. The van der Waals surface area contributed by atoms with Gasteiger partial charge in [0.05, 0.1) is 33.1 Å². The number of hydrogen-bond donors (Lipinski definition) is 4. The molecule has 4 N–H and O–H groups in total. The van der Waals surface area contributed by atoms with Crippen LogP contribution in [0.5, 0.6) is 0 Å². The predicted octanol–water partition coefficient (Wildman–Crippen LogP) is 1.01. The molecular weight excluding hydrogens is 440 g/mol. The number of nitrogens with zero attached hydrogens (tertiary/aromatic N) is 4. The van der Waals surface area contributed by atoms with Gasteiger partial charge in [0, 0.05) is 20.0 Å². The van der Waals surface area contributed by atoms with E-state index < -0.39 is 23.7 Å². The van der Waals surface area contributed by atoms with Crippen molar-refractivity contribution in [1.82, 2.24) is 24.8 Å². The number of amides is 1. The van der Waals surface area contributed by atoms with Crippen LogP contribution >= 0.6 is 22.9 Å². The van der Waals surface area contributed by atoms with Crippen LogP contribution in [-0.2, 0) is 4.79 Å². The number of nitrogens with one attached hydrogen (secondary N) is 2. The van der Waals surface area contributed by atoms with Gasteiger partial charge in [0.1, 0.15) is 6.10 Å². The molecule has 3 aromatic rings. The molecule has 2 fully saturated rings. The Kier molecular flexibility index (Phi) is 4.67. The molecule has 3 aromatic heterocycles. The molecule has 2 aliphatic rings. The monoisotopic (exact) mass is 458 g/mol. The summed E-state index contributed by atoms with van der Waals surface area (Å²) in [5.74, 6) is 6.25. The van der Waals surface area contributed by atoms with Crippen molar-refractivity contribution in [2.75, 3.05) is 19.4 Å². The first kappa shape index (κ1) is 20.2. The minimum absolute atomic E-state index is 0.217. The molecule has 1 amide bonds. The van der Waals surface area contributed by atoms with E-state index >= 15 is 0 Å². The lowest BCUT2D eigenvalue weighted by Crippen LogP contribution is -2.41. The van der Waals surface area contributed by atoms with E-state index in [2.05, 4.69) is 37.4 Å². The van der Waals surface area contributed by atoms with Gasteiger partial charge in [0.25, 0.3) is 0 Å². The first-order chi connectivity index (χ1) is 14.9. The zero-order chi connectivity index (χ0) is 21.9. The van der Waals surface area contributed by atoms with Crippen LogP contribution in [-0.4, -0.2) is 61.9 Å². The first-order valence-corrected chi connectivity index (χ1v) is 10.9. The van der Waals surface area contributed by atoms with Crippen LogP contribution < -0.4 is 10.6 Å². The molecule has 0 saturated heterocycles. The molecule has 160 valence electrons. The number of fused-ring (bicyclic) bond motifs is 2. The number of carbonyl (C=O) groups is 1. The van der Waals surface area contributed by atoms with Crippen LogP contribution in [0.3, 0.4) is 0 Å². The van der Waals surface area contributed by atoms with Crippen molar-refractivity contribution in [1.29, 1.82) is 0 Å². The second-order valence-corrected chi connectivity index (χ2v) is 9.39. The summed E-state index contributed by atoms with van der Waals surface area (Å²) in [6, 6.07) is 3.06. The summed E-state index contributed by atoms with van der Waals surface area (Å²) in [4.78, 5) is 26.6. The highest BCUT2D eigenvalue weighted by Gasteiger charge is 2.75. The average Bonchev–Trinajstić information content (AvgIpc) is 3.02. The fourth-order valence-corrected chi connectivity index (χ4v) is 5.55. The lowest BCUT2D eigenvalue weighted by Gasteiger charge is -2.23. The number of imidazole rings is 1. The number of aliphatic hydroxyl groups excluding tert-OH is 2. The Labute approximate surface area is 186 Å². The summed E-state index contributed by atoms with van der Waals surface area (Å²) >= 11 is 7.32. The molecule has 11 heteroatoms. The molecule has 0 aliphatic heterocycles. The van der Waals surface area contributed by atoms with Crippen molar-refractivity contribution in [2.24, 2.45) is 11.3 Å². The number of aliphatic hydroxyl groups is 2. The highest BCUT2D eigenvalue weighted by molar-refractivity contribution is 7.16. The van der Waals surface area contributed by atoms with E-state index in [0.717, 1.165) is 4.88 Å². The summed E-state index contributed by atoms with van der Waals surface area (Å²) in [5.41, 5.74) is 0.0192. The molecule has 31 heavy (non-hydrogen) atoms. The Morgan fingerprint density at radius 2 is 2.13 bits per heavy atom. The number of halogens is 1. The fourth-order valence-electron chi connectivity index (χ4n) is 4.65. The van der Waals surface area contributed by atoms with Crippen molar-refractivity contribution in [2.45, 2.75) is 24.7 Å². The maximum atomic E-state index is 12.4. The van der Waals surface area contributed by atoms with Gasteiger partial charge in [-0.15, -0.1) is 11.3 Å². The van der Waals surface area contributed by atoms with Gasteiger partial charge in [-0.05, 0) is 30.4 Å². The summed E-state index contributed by atoms with van der Waals surface area (Å²) in [6.07, 6.45) is -0.224. The Balaban J connectivity index is 1.58. The van der Waals surface area contributed by atoms with Gasteiger partial charge in [-0.1, -0.05) is 11.6 Å². The summed E-state index contributed by atoms with van der Waals surface area (Å²) in [6.45, 7) is 0.